The van der Waals surface area contributed by atoms with Gasteiger partial charge in [-0.1, -0.05) is 0 Å². The maximum Gasteiger partial charge on any atom is 0.0897 e. The number of thiazole rings is 1. The minimum atomic E-state index is 0.382. The van der Waals surface area contributed by atoms with E-state index < -0.39 is 0 Å². The van der Waals surface area contributed by atoms with Gasteiger partial charge in [-0.3, -0.25) is 0 Å². The fraction of sp³-hybridized carbons (Fsp3) is 0.417. The SMILES string of the molecule is CNC(Cc1csc(C)n1)c1ccsc1C. The second-order valence-corrected chi connectivity index (χ2v) is 6.02. The first kappa shape index (κ1) is 11.8. The molecule has 1 N–H and O–H groups in total. The van der Waals surface area contributed by atoms with Crippen molar-refractivity contribution in [3.05, 3.63) is 38.0 Å². The molecule has 0 aliphatic rings. The lowest BCUT2D eigenvalue weighted by Crippen LogP contribution is -2.19. The first-order valence-corrected chi connectivity index (χ1v) is 7.09. The van der Waals surface area contributed by atoms with Gasteiger partial charge in [0, 0.05) is 22.7 Å². The zero-order valence-electron chi connectivity index (χ0n) is 9.78. The van der Waals surface area contributed by atoms with Gasteiger partial charge in [0.15, 0.2) is 0 Å². The van der Waals surface area contributed by atoms with Crippen LogP contribution in [0.15, 0.2) is 16.8 Å². The molecule has 0 radical (unpaired) electrons. The zero-order valence-corrected chi connectivity index (χ0v) is 11.4. The summed E-state index contributed by atoms with van der Waals surface area (Å²) in [4.78, 5) is 5.91. The van der Waals surface area contributed by atoms with Gasteiger partial charge in [-0.15, -0.1) is 22.7 Å². The number of hydrogen-bond donors (Lipinski definition) is 1. The summed E-state index contributed by atoms with van der Waals surface area (Å²) in [7, 11) is 2.01. The van der Waals surface area contributed by atoms with Crippen molar-refractivity contribution >= 4 is 22.7 Å². The molecule has 0 aromatic carbocycles. The van der Waals surface area contributed by atoms with Crippen LogP contribution in [0.3, 0.4) is 0 Å². The fourth-order valence-electron chi connectivity index (χ4n) is 1.83. The van der Waals surface area contributed by atoms with Crippen molar-refractivity contribution in [2.45, 2.75) is 26.3 Å². The second-order valence-electron chi connectivity index (χ2n) is 3.84. The molecule has 0 amide bonds. The Morgan fingerprint density at radius 2 is 2.19 bits per heavy atom. The number of thiophene rings is 1. The van der Waals surface area contributed by atoms with E-state index in [2.05, 4.69) is 41.0 Å². The fourth-order valence-corrected chi connectivity index (χ4v) is 3.23. The summed E-state index contributed by atoms with van der Waals surface area (Å²) >= 11 is 3.53. The predicted molar refractivity (Wildman–Crippen MR) is 71.4 cm³/mol. The molecule has 1 unspecified atom stereocenters. The normalized spacial score (nSPS) is 12.9. The molecule has 0 fully saturated rings. The Bertz CT molecular complexity index is 459. The number of nitrogens with zero attached hydrogens (tertiary/aromatic N) is 1. The molecule has 0 spiro atoms. The molecule has 2 aromatic heterocycles. The molecule has 2 heterocycles. The first-order valence-electron chi connectivity index (χ1n) is 5.33. The summed E-state index contributed by atoms with van der Waals surface area (Å²) < 4.78 is 0. The number of aryl methyl sites for hydroxylation is 2. The monoisotopic (exact) mass is 252 g/mol. The summed E-state index contributed by atoms with van der Waals surface area (Å²) in [5.41, 5.74) is 2.59. The molecule has 0 aliphatic carbocycles. The minimum absolute atomic E-state index is 0.382. The summed E-state index contributed by atoms with van der Waals surface area (Å²) in [5.74, 6) is 0. The molecular weight excluding hydrogens is 236 g/mol. The maximum absolute atomic E-state index is 4.52. The molecule has 86 valence electrons. The lowest BCUT2D eigenvalue weighted by atomic mass is 10.0. The van der Waals surface area contributed by atoms with Crippen LogP contribution in [-0.4, -0.2) is 12.0 Å². The average molecular weight is 252 g/mol. The van der Waals surface area contributed by atoms with Crippen LogP contribution in [0, 0.1) is 13.8 Å². The molecule has 0 bridgehead atoms. The van der Waals surface area contributed by atoms with Crippen LogP contribution in [0.25, 0.3) is 0 Å². The van der Waals surface area contributed by atoms with Gasteiger partial charge in [0.2, 0.25) is 0 Å². The van der Waals surface area contributed by atoms with Gasteiger partial charge in [0.25, 0.3) is 0 Å². The molecule has 0 saturated heterocycles. The van der Waals surface area contributed by atoms with Crippen molar-refractivity contribution in [3.8, 4) is 0 Å². The van der Waals surface area contributed by atoms with Crippen LogP contribution in [0.1, 0.15) is 27.2 Å². The highest BCUT2D eigenvalue weighted by atomic mass is 32.1. The standard InChI is InChI=1S/C12H16N2S2/c1-8-11(4-5-15-8)12(13-3)6-10-7-16-9(2)14-10/h4-5,7,12-13H,6H2,1-3H3. The van der Waals surface area contributed by atoms with E-state index in [1.807, 2.05) is 7.05 Å². The number of rotatable bonds is 4. The van der Waals surface area contributed by atoms with E-state index in [-0.39, 0.29) is 0 Å². The van der Waals surface area contributed by atoms with Gasteiger partial charge in [-0.05, 0) is 37.9 Å². The van der Waals surface area contributed by atoms with E-state index in [4.69, 9.17) is 0 Å². The summed E-state index contributed by atoms with van der Waals surface area (Å²) in [6.45, 7) is 4.23. The van der Waals surface area contributed by atoms with Gasteiger partial charge in [-0.25, -0.2) is 4.98 Å². The molecule has 2 nitrogen and oxygen atoms in total. The molecule has 1 atom stereocenters. The summed E-state index contributed by atoms with van der Waals surface area (Å²) in [5, 5.41) is 8.83. The van der Waals surface area contributed by atoms with Gasteiger partial charge in [-0.2, -0.15) is 0 Å². The lowest BCUT2D eigenvalue weighted by molar-refractivity contribution is 0.585. The molecule has 2 aromatic rings. The largest absolute Gasteiger partial charge is 0.313 e. The third kappa shape index (κ3) is 2.51. The van der Waals surface area contributed by atoms with Crippen molar-refractivity contribution in [2.24, 2.45) is 0 Å². The van der Waals surface area contributed by atoms with E-state index in [0.717, 1.165) is 11.4 Å². The molecular formula is C12H16N2S2. The smallest absolute Gasteiger partial charge is 0.0897 e. The number of nitrogens with one attached hydrogen (secondary N) is 1. The van der Waals surface area contributed by atoms with Gasteiger partial charge in [0.05, 0.1) is 10.7 Å². The van der Waals surface area contributed by atoms with Gasteiger partial charge < -0.3 is 5.32 Å². The molecule has 16 heavy (non-hydrogen) atoms. The number of likely N-dealkylation sites (N-methyl/N-ethyl adjacent to an activating group) is 1. The molecule has 0 aliphatic heterocycles. The van der Waals surface area contributed by atoms with Crippen LogP contribution in [-0.2, 0) is 6.42 Å². The molecule has 4 heteroatoms. The Morgan fingerprint density at radius 1 is 1.38 bits per heavy atom. The van der Waals surface area contributed by atoms with E-state index in [0.29, 0.717) is 6.04 Å². The van der Waals surface area contributed by atoms with Crippen molar-refractivity contribution in [1.82, 2.24) is 10.3 Å². The van der Waals surface area contributed by atoms with Crippen molar-refractivity contribution < 1.29 is 0 Å². The summed E-state index contributed by atoms with van der Waals surface area (Å²) in [6, 6.07) is 2.59. The van der Waals surface area contributed by atoms with Crippen LogP contribution in [0.4, 0.5) is 0 Å². The lowest BCUT2D eigenvalue weighted by Gasteiger charge is -2.14. The topological polar surface area (TPSA) is 24.9 Å². The Hall–Kier alpha value is -0.710. The Balaban J connectivity index is 2.15. The number of aromatic nitrogens is 1. The molecule has 0 saturated carbocycles. The van der Waals surface area contributed by atoms with E-state index in [9.17, 15) is 0 Å². The van der Waals surface area contributed by atoms with Crippen LogP contribution in [0.5, 0.6) is 0 Å². The van der Waals surface area contributed by atoms with Crippen LogP contribution >= 0.6 is 22.7 Å². The third-order valence-electron chi connectivity index (χ3n) is 2.70. The Morgan fingerprint density at radius 3 is 2.69 bits per heavy atom. The zero-order chi connectivity index (χ0) is 11.5. The highest BCUT2D eigenvalue weighted by Crippen LogP contribution is 2.25. The quantitative estimate of drug-likeness (QED) is 0.903. The highest BCUT2D eigenvalue weighted by Gasteiger charge is 2.14. The second kappa shape index (κ2) is 5.08. The highest BCUT2D eigenvalue weighted by molar-refractivity contribution is 7.10. The van der Waals surface area contributed by atoms with Gasteiger partial charge in [0.1, 0.15) is 0 Å². The Labute approximate surface area is 104 Å². The van der Waals surface area contributed by atoms with Crippen molar-refractivity contribution in [3.63, 3.8) is 0 Å². The minimum Gasteiger partial charge on any atom is -0.313 e. The van der Waals surface area contributed by atoms with Gasteiger partial charge >= 0.3 is 0 Å². The van der Waals surface area contributed by atoms with Crippen molar-refractivity contribution in [1.29, 1.82) is 0 Å². The van der Waals surface area contributed by atoms with E-state index >= 15 is 0 Å². The van der Waals surface area contributed by atoms with E-state index in [1.165, 1.54) is 16.1 Å². The third-order valence-corrected chi connectivity index (χ3v) is 4.39. The molecule has 2 rings (SSSR count). The maximum atomic E-state index is 4.52. The predicted octanol–water partition coefficient (Wildman–Crippen LogP) is 3.32. The van der Waals surface area contributed by atoms with E-state index in [1.54, 1.807) is 22.7 Å². The average Bonchev–Trinajstić information content (AvgIpc) is 2.84. The Kier molecular flexibility index (Phi) is 3.74. The number of hydrogen-bond acceptors (Lipinski definition) is 4. The first-order chi connectivity index (χ1) is 7.70. The van der Waals surface area contributed by atoms with Crippen molar-refractivity contribution in [2.75, 3.05) is 7.05 Å². The van der Waals surface area contributed by atoms with Crippen LogP contribution in [0.2, 0.25) is 0 Å². The summed E-state index contributed by atoms with van der Waals surface area (Å²) in [6.07, 6.45) is 0.971. The van der Waals surface area contributed by atoms with Crippen LogP contribution < -0.4 is 5.32 Å².